The number of hydrogen-bond donors (Lipinski definition) is 3. The number of likely N-dealkylation sites (tertiary alicyclic amines) is 1. The zero-order chi connectivity index (χ0) is 23.2. The lowest BCUT2D eigenvalue weighted by Crippen LogP contribution is -2.46. The maximum atomic E-state index is 12.7. The quantitative estimate of drug-likeness (QED) is 0.623. The lowest BCUT2D eigenvalue weighted by atomic mass is 9.98. The van der Waals surface area contributed by atoms with Gasteiger partial charge in [-0.05, 0) is 35.1 Å². The molecule has 2 aliphatic carbocycles. The Hall–Kier alpha value is -3.39. The number of amides is 2. The van der Waals surface area contributed by atoms with Crippen molar-refractivity contribution in [2.24, 2.45) is 0 Å². The van der Waals surface area contributed by atoms with Crippen molar-refractivity contribution < 1.29 is 29.3 Å². The van der Waals surface area contributed by atoms with Crippen LogP contribution in [0.3, 0.4) is 0 Å². The van der Waals surface area contributed by atoms with Crippen LogP contribution in [0.25, 0.3) is 11.1 Å². The lowest BCUT2D eigenvalue weighted by molar-refractivity contribution is -0.148. The average Bonchev–Trinajstić information content (AvgIpc) is 3.28. The van der Waals surface area contributed by atoms with Gasteiger partial charge in [0.2, 0.25) is 5.91 Å². The van der Waals surface area contributed by atoms with Crippen LogP contribution in [-0.4, -0.2) is 63.9 Å². The number of ether oxygens (including phenoxy) is 1. The number of carbonyl (C=O) groups excluding carboxylic acids is 2. The third kappa shape index (κ3) is 4.06. The number of β-amino-alcohol motifs (C(OH)–C–C–N with tert-alkyl or cyclic N) is 1. The number of alkyl carbamates (subject to hydrolysis) is 1. The normalized spacial score (nSPS) is 22.4. The van der Waals surface area contributed by atoms with E-state index >= 15 is 0 Å². The summed E-state index contributed by atoms with van der Waals surface area (Å²) in [6.45, 7) is 0.181. The van der Waals surface area contributed by atoms with Crippen molar-refractivity contribution in [2.45, 2.75) is 49.3 Å². The highest BCUT2D eigenvalue weighted by atomic mass is 16.5. The van der Waals surface area contributed by atoms with Gasteiger partial charge in [-0.15, -0.1) is 0 Å². The molecule has 8 heteroatoms. The molecule has 2 atom stereocenters. The highest BCUT2D eigenvalue weighted by Crippen LogP contribution is 2.45. The second-order valence-corrected chi connectivity index (χ2v) is 9.20. The molecule has 5 rings (SSSR count). The number of aliphatic hydroxyl groups excluding tert-OH is 1. The Morgan fingerprint density at radius 1 is 1.03 bits per heavy atom. The smallest absolute Gasteiger partial charge is 0.407 e. The second kappa shape index (κ2) is 8.19. The number of nitrogens with zero attached hydrogens (tertiary/aromatic N) is 1. The molecule has 0 unspecified atom stereocenters. The number of aliphatic hydroxyl groups is 1. The van der Waals surface area contributed by atoms with E-state index in [1.54, 1.807) is 0 Å². The number of carbonyl (C=O) groups is 3. The second-order valence-electron chi connectivity index (χ2n) is 9.20. The molecule has 2 fully saturated rings. The molecule has 3 N–H and O–H groups in total. The molecule has 1 saturated heterocycles. The predicted molar refractivity (Wildman–Crippen MR) is 119 cm³/mol. The van der Waals surface area contributed by atoms with Crippen LogP contribution in [0.5, 0.6) is 0 Å². The van der Waals surface area contributed by atoms with Gasteiger partial charge in [0.15, 0.2) is 0 Å². The van der Waals surface area contributed by atoms with E-state index in [2.05, 4.69) is 17.4 Å². The number of carboxylic acids is 1. The maximum Gasteiger partial charge on any atom is 0.407 e. The Morgan fingerprint density at radius 2 is 1.64 bits per heavy atom. The van der Waals surface area contributed by atoms with E-state index in [4.69, 9.17) is 4.74 Å². The minimum absolute atomic E-state index is 0.00315. The van der Waals surface area contributed by atoms with Gasteiger partial charge < -0.3 is 25.2 Å². The molecule has 0 bridgehead atoms. The van der Waals surface area contributed by atoms with E-state index < -0.39 is 29.7 Å². The largest absolute Gasteiger partial charge is 0.480 e. The lowest BCUT2D eigenvalue weighted by Gasteiger charge is -2.25. The fourth-order valence-electron chi connectivity index (χ4n) is 5.06. The first-order chi connectivity index (χ1) is 15.9. The summed E-state index contributed by atoms with van der Waals surface area (Å²) < 4.78 is 5.59. The Kier molecular flexibility index (Phi) is 5.32. The van der Waals surface area contributed by atoms with Crippen molar-refractivity contribution in [3.05, 3.63) is 59.7 Å². The van der Waals surface area contributed by atoms with Gasteiger partial charge >= 0.3 is 12.1 Å². The van der Waals surface area contributed by atoms with Gasteiger partial charge in [0.25, 0.3) is 0 Å². The Morgan fingerprint density at radius 3 is 2.21 bits per heavy atom. The number of rotatable bonds is 6. The highest BCUT2D eigenvalue weighted by Gasteiger charge is 2.49. The van der Waals surface area contributed by atoms with Gasteiger partial charge in [-0.2, -0.15) is 0 Å². The van der Waals surface area contributed by atoms with Crippen molar-refractivity contribution >= 4 is 18.0 Å². The number of aliphatic carboxylic acids is 1. The molecule has 2 amide bonds. The summed E-state index contributed by atoms with van der Waals surface area (Å²) >= 11 is 0. The third-order valence-electron chi connectivity index (χ3n) is 6.94. The molecule has 0 spiro atoms. The van der Waals surface area contributed by atoms with E-state index in [1.165, 1.54) is 4.90 Å². The van der Waals surface area contributed by atoms with Crippen LogP contribution in [0.4, 0.5) is 4.79 Å². The van der Waals surface area contributed by atoms with E-state index in [0.717, 1.165) is 22.3 Å². The fourth-order valence-corrected chi connectivity index (χ4v) is 5.06. The maximum absolute atomic E-state index is 12.7. The zero-order valence-corrected chi connectivity index (χ0v) is 18.1. The summed E-state index contributed by atoms with van der Waals surface area (Å²) in [5.41, 5.74) is 3.82. The van der Waals surface area contributed by atoms with Crippen molar-refractivity contribution in [2.75, 3.05) is 13.2 Å². The molecule has 0 radical (unpaired) electrons. The molecule has 3 aliphatic rings. The van der Waals surface area contributed by atoms with E-state index in [-0.39, 0.29) is 37.8 Å². The molecule has 2 aromatic carbocycles. The first-order valence-corrected chi connectivity index (χ1v) is 11.2. The molecule has 8 nitrogen and oxygen atoms in total. The van der Waals surface area contributed by atoms with Crippen molar-refractivity contribution in [3.8, 4) is 11.1 Å². The van der Waals surface area contributed by atoms with Crippen LogP contribution in [0, 0.1) is 0 Å². The summed E-state index contributed by atoms with van der Waals surface area (Å²) in [4.78, 5) is 38.0. The van der Waals surface area contributed by atoms with Crippen molar-refractivity contribution in [1.29, 1.82) is 0 Å². The Bertz CT molecular complexity index is 1070. The van der Waals surface area contributed by atoms with Crippen molar-refractivity contribution in [3.63, 3.8) is 0 Å². The molecule has 1 aliphatic heterocycles. The topological polar surface area (TPSA) is 116 Å². The number of hydrogen-bond acceptors (Lipinski definition) is 5. The van der Waals surface area contributed by atoms with Gasteiger partial charge in [0.05, 0.1) is 18.1 Å². The SMILES string of the molecule is O=C(NC1(CC(=O)N2C[C@@H](O)C[C@H]2C(=O)O)CC1)OCC1c2ccccc2-c2ccccc21. The van der Waals surface area contributed by atoms with Crippen LogP contribution in [-0.2, 0) is 14.3 Å². The first-order valence-electron chi connectivity index (χ1n) is 11.2. The molecular weight excluding hydrogens is 424 g/mol. The molecule has 0 aromatic heterocycles. The van der Waals surface area contributed by atoms with E-state index in [9.17, 15) is 24.6 Å². The standard InChI is InChI=1S/C25H26N2O6/c28-15-11-21(23(30)31)27(13-15)22(29)12-25(9-10-25)26-24(32)33-14-20-18-7-3-1-5-16(18)17-6-2-4-8-19(17)20/h1-8,15,20-21,28H,9-14H2,(H,26,32)(H,30,31)/t15-,21-/m0/s1. The van der Waals surface area contributed by atoms with Gasteiger partial charge in [0, 0.05) is 18.9 Å². The number of fused-ring (bicyclic) bond motifs is 3. The summed E-state index contributed by atoms with van der Waals surface area (Å²) in [7, 11) is 0. The van der Waals surface area contributed by atoms with Crippen LogP contribution in [0.15, 0.2) is 48.5 Å². The van der Waals surface area contributed by atoms with E-state index in [0.29, 0.717) is 12.8 Å². The predicted octanol–water partition coefficient (Wildman–Crippen LogP) is 2.49. The third-order valence-corrected chi connectivity index (χ3v) is 6.94. The minimum atomic E-state index is -1.13. The Balaban J connectivity index is 1.21. The molecule has 2 aromatic rings. The van der Waals surface area contributed by atoms with Crippen LogP contribution < -0.4 is 5.32 Å². The molecule has 172 valence electrons. The fraction of sp³-hybridized carbons (Fsp3) is 0.400. The number of carboxylic acid groups (broad SMARTS) is 1. The van der Waals surface area contributed by atoms with Crippen LogP contribution in [0.1, 0.15) is 42.7 Å². The molecule has 33 heavy (non-hydrogen) atoms. The van der Waals surface area contributed by atoms with Gasteiger partial charge in [0.1, 0.15) is 12.6 Å². The monoisotopic (exact) mass is 450 g/mol. The van der Waals surface area contributed by atoms with E-state index in [1.807, 2.05) is 36.4 Å². The average molecular weight is 450 g/mol. The van der Waals surface area contributed by atoms with Crippen LogP contribution in [0.2, 0.25) is 0 Å². The Labute approximate surface area is 191 Å². The first kappa shape index (κ1) is 21.5. The summed E-state index contributed by atoms with van der Waals surface area (Å²) in [5.74, 6) is -1.56. The molecule has 1 saturated carbocycles. The summed E-state index contributed by atoms with van der Waals surface area (Å²) in [6.07, 6.45) is -0.172. The summed E-state index contributed by atoms with van der Waals surface area (Å²) in [6, 6.07) is 15.1. The van der Waals surface area contributed by atoms with Gasteiger partial charge in [-0.1, -0.05) is 48.5 Å². The minimum Gasteiger partial charge on any atom is -0.480 e. The summed E-state index contributed by atoms with van der Waals surface area (Å²) in [5, 5.41) is 22.0. The molecule has 1 heterocycles. The van der Waals surface area contributed by atoms with Gasteiger partial charge in [-0.25, -0.2) is 9.59 Å². The zero-order valence-electron chi connectivity index (χ0n) is 18.1. The highest BCUT2D eigenvalue weighted by molar-refractivity contribution is 5.86. The number of benzene rings is 2. The van der Waals surface area contributed by atoms with Crippen molar-refractivity contribution in [1.82, 2.24) is 10.2 Å². The number of nitrogens with one attached hydrogen (secondary N) is 1. The molecular formula is C25H26N2O6. The van der Waals surface area contributed by atoms with Crippen LogP contribution >= 0.6 is 0 Å². The van der Waals surface area contributed by atoms with Gasteiger partial charge in [-0.3, -0.25) is 4.79 Å².